The smallest absolute Gasteiger partial charge is 0.181 e. The number of hydrogen-bond acceptors (Lipinski definition) is 2. The number of halogens is 2. The molecule has 0 spiro atoms. The predicted molar refractivity (Wildman–Crippen MR) is 68.6 cm³/mol. The van der Waals surface area contributed by atoms with E-state index in [2.05, 4.69) is 11.7 Å². The molecule has 0 atom stereocenters. The maximum absolute atomic E-state index is 13.7. The van der Waals surface area contributed by atoms with Crippen molar-refractivity contribution in [2.24, 2.45) is 10.9 Å². The van der Waals surface area contributed by atoms with Gasteiger partial charge in [-0.05, 0) is 44.5 Å². The molecule has 2 rings (SSSR count). The van der Waals surface area contributed by atoms with Crippen LogP contribution in [0.1, 0.15) is 25.3 Å². The molecule has 0 aromatic heterocycles. The van der Waals surface area contributed by atoms with Crippen molar-refractivity contribution in [2.45, 2.75) is 19.8 Å². The molecule has 1 saturated carbocycles. The molecule has 0 bridgehead atoms. The standard InChI is InChI=1S/C14H15F2NO/c1-3-11(15)10-6-7-12(16)14(13(10)17-2)18-8-9-4-5-9/h3,6-7,9H,2,4-5,8H2,1H3/b11-3+. The monoisotopic (exact) mass is 251 g/mol. The van der Waals surface area contributed by atoms with Crippen molar-refractivity contribution < 1.29 is 13.5 Å². The van der Waals surface area contributed by atoms with Crippen LogP contribution in [0.3, 0.4) is 0 Å². The first-order valence-corrected chi connectivity index (χ1v) is 5.91. The van der Waals surface area contributed by atoms with E-state index in [0.717, 1.165) is 12.8 Å². The summed E-state index contributed by atoms with van der Waals surface area (Å²) in [4.78, 5) is 3.70. The lowest BCUT2D eigenvalue weighted by Gasteiger charge is -2.12. The molecule has 1 fully saturated rings. The second-order valence-electron chi connectivity index (χ2n) is 4.32. The first-order chi connectivity index (χ1) is 8.67. The maximum Gasteiger partial charge on any atom is 0.181 e. The molecule has 0 radical (unpaired) electrons. The second-order valence-corrected chi connectivity index (χ2v) is 4.32. The van der Waals surface area contributed by atoms with Crippen LogP contribution < -0.4 is 4.74 Å². The van der Waals surface area contributed by atoms with Gasteiger partial charge in [-0.15, -0.1) is 0 Å². The van der Waals surface area contributed by atoms with E-state index in [0.29, 0.717) is 12.5 Å². The molecule has 0 aliphatic heterocycles. The molecule has 1 aromatic carbocycles. The molecule has 0 N–H and O–H groups in total. The van der Waals surface area contributed by atoms with Crippen molar-refractivity contribution >= 4 is 18.2 Å². The number of ether oxygens (including phenoxy) is 1. The first kappa shape index (κ1) is 12.7. The Hall–Kier alpha value is -1.71. The Balaban J connectivity index is 2.37. The van der Waals surface area contributed by atoms with Gasteiger partial charge in [-0.1, -0.05) is 6.08 Å². The number of aliphatic imine (C=N–C) groups is 1. The van der Waals surface area contributed by atoms with Gasteiger partial charge in [-0.25, -0.2) is 8.78 Å². The zero-order chi connectivity index (χ0) is 13.1. The van der Waals surface area contributed by atoms with Crippen LogP contribution in [0.25, 0.3) is 5.83 Å². The molecule has 2 nitrogen and oxygen atoms in total. The van der Waals surface area contributed by atoms with Crippen molar-refractivity contribution in [1.29, 1.82) is 0 Å². The second kappa shape index (κ2) is 5.29. The van der Waals surface area contributed by atoms with Crippen LogP contribution in [-0.2, 0) is 0 Å². The summed E-state index contributed by atoms with van der Waals surface area (Å²) in [6, 6.07) is 2.54. The van der Waals surface area contributed by atoms with Crippen LogP contribution in [0, 0.1) is 11.7 Å². The Bertz CT molecular complexity index is 493. The van der Waals surface area contributed by atoms with E-state index in [1.165, 1.54) is 18.2 Å². The summed E-state index contributed by atoms with van der Waals surface area (Å²) in [5.74, 6) is -0.525. The molecule has 1 aliphatic carbocycles. The predicted octanol–water partition coefficient (Wildman–Crippen LogP) is 4.28. The van der Waals surface area contributed by atoms with Crippen LogP contribution >= 0.6 is 0 Å². The Kier molecular flexibility index (Phi) is 3.75. The van der Waals surface area contributed by atoms with Crippen molar-refractivity contribution in [3.63, 3.8) is 0 Å². The summed E-state index contributed by atoms with van der Waals surface area (Å²) in [7, 11) is 0. The summed E-state index contributed by atoms with van der Waals surface area (Å²) in [6.45, 7) is 5.37. The average Bonchev–Trinajstić information content (AvgIpc) is 3.20. The van der Waals surface area contributed by atoms with E-state index < -0.39 is 11.6 Å². The molecule has 4 heteroatoms. The highest BCUT2D eigenvalue weighted by molar-refractivity contribution is 5.76. The molecule has 1 aromatic rings. The fourth-order valence-electron chi connectivity index (χ4n) is 1.67. The third-order valence-electron chi connectivity index (χ3n) is 2.91. The van der Waals surface area contributed by atoms with Crippen LogP contribution in [0.15, 0.2) is 23.2 Å². The van der Waals surface area contributed by atoms with Gasteiger partial charge < -0.3 is 4.74 Å². The highest BCUT2D eigenvalue weighted by Gasteiger charge is 2.24. The van der Waals surface area contributed by atoms with E-state index in [1.807, 2.05) is 0 Å². The third-order valence-corrected chi connectivity index (χ3v) is 2.91. The number of benzene rings is 1. The molecule has 0 heterocycles. The highest BCUT2D eigenvalue weighted by atomic mass is 19.1. The van der Waals surface area contributed by atoms with Crippen LogP contribution in [-0.4, -0.2) is 13.3 Å². The van der Waals surface area contributed by atoms with Gasteiger partial charge >= 0.3 is 0 Å². The topological polar surface area (TPSA) is 21.6 Å². The zero-order valence-corrected chi connectivity index (χ0v) is 10.2. The normalized spacial score (nSPS) is 15.6. The van der Waals surface area contributed by atoms with Crippen LogP contribution in [0.4, 0.5) is 14.5 Å². The van der Waals surface area contributed by atoms with Gasteiger partial charge in [0.05, 0.1) is 6.61 Å². The molecular formula is C14H15F2NO. The Morgan fingerprint density at radius 2 is 2.28 bits per heavy atom. The van der Waals surface area contributed by atoms with Gasteiger partial charge in [0.25, 0.3) is 0 Å². The maximum atomic E-state index is 13.7. The van der Waals surface area contributed by atoms with Gasteiger partial charge in [-0.3, -0.25) is 4.99 Å². The minimum absolute atomic E-state index is 0.00796. The fourth-order valence-corrected chi connectivity index (χ4v) is 1.67. The minimum Gasteiger partial charge on any atom is -0.488 e. The van der Waals surface area contributed by atoms with Gasteiger partial charge in [-0.2, -0.15) is 0 Å². The lowest BCUT2D eigenvalue weighted by Crippen LogP contribution is -2.02. The van der Waals surface area contributed by atoms with Gasteiger partial charge in [0.1, 0.15) is 11.5 Å². The largest absolute Gasteiger partial charge is 0.488 e. The quantitative estimate of drug-likeness (QED) is 0.716. The molecular weight excluding hydrogens is 236 g/mol. The number of nitrogens with zero attached hydrogens (tertiary/aromatic N) is 1. The van der Waals surface area contributed by atoms with Crippen molar-refractivity contribution in [2.75, 3.05) is 6.61 Å². The van der Waals surface area contributed by atoms with E-state index in [4.69, 9.17) is 4.74 Å². The van der Waals surface area contributed by atoms with Gasteiger partial charge in [0.15, 0.2) is 11.6 Å². The van der Waals surface area contributed by atoms with Crippen molar-refractivity contribution in [3.8, 4) is 5.75 Å². The van der Waals surface area contributed by atoms with E-state index in [9.17, 15) is 8.78 Å². The summed E-state index contributed by atoms with van der Waals surface area (Å²) in [5.41, 5.74) is 0.339. The van der Waals surface area contributed by atoms with Crippen LogP contribution in [0.2, 0.25) is 0 Å². The number of rotatable bonds is 5. The Morgan fingerprint density at radius 1 is 1.56 bits per heavy atom. The molecule has 1 aliphatic rings. The Morgan fingerprint density at radius 3 is 2.83 bits per heavy atom. The first-order valence-electron chi connectivity index (χ1n) is 5.91. The minimum atomic E-state index is -0.536. The summed E-state index contributed by atoms with van der Waals surface area (Å²) >= 11 is 0. The number of hydrogen-bond donors (Lipinski definition) is 0. The molecule has 0 amide bonds. The molecule has 18 heavy (non-hydrogen) atoms. The van der Waals surface area contributed by atoms with E-state index in [-0.39, 0.29) is 17.0 Å². The van der Waals surface area contributed by atoms with E-state index >= 15 is 0 Å². The zero-order valence-electron chi connectivity index (χ0n) is 10.2. The fraction of sp³-hybridized carbons (Fsp3) is 0.357. The van der Waals surface area contributed by atoms with Gasteiger partial charge in [0.2, 0.25) is 0 Å². The molecule has 96 valence electrons. The van der Waals surface area contributed by atoms with E-state index in [1.54, 1.807) is 6.92 Å². The lowest BCUT2D eigenvalue weighted by molar-refractivity contribution is 0.286. The highest BCUT2D eigenvalue weighted by Crippen LogP contribution is 2.39. The summed E-state index contributed by atoms with van der Waals surface area (Å²) < 4.78 is 32.7. The van der Waals surface area contributed by atoms with Crippen molar-refractivity contribution in [1.82, 2.24) is 0 Å². The lowest BCUT2D eigenvalue weighted by atomic mass is 10.1. The van der Waals surface area contributed by atoms with Gasteiger partial charge in [0, 0.05) is 5.56 Å². The molecule has 0 unspecified atom stereocenters. The summed E-state index contributed by atoms with van der Waals surface area (Å²) in [6.07, 6.45) is 3.50. The summed E-state index contributed by atoms with van der Waals surface area (Å²) in [5, 5.41) is 0. The third kappa shape index (κ3) is 2.58. The SMILES string of the molecule is C=Nc1c(/C(F)=C\C)ccc(F)c1OCC1CC1. The van der Waals surface area contributed by atoms with Crippen LogP contribution in [0.5, 0.6) is 5.75 Å². The van der Waals surface area contributed by atoms with Crippen molar-refractivity contribution in [3.05, 3.63) is 29.6 Å². The average molecular weight is 251 g/mol. The number of allylic oxidation sites excluding steroid dienone is 1. The molecule has 0 saturated heterocycles. The Labute approximate surface area is 105 Å².